The average Bonchev–Trinajstić information content (AvgIpc) is 2.14. The van der Waals surface area contributed by atoms with Crippen LogP contribution >= 0.6 is 0 Å². The highest BCUT2D eigenvalue weighted by molar-refractivity contribution is 5.79. The first-order chi connectivity index (χ1) is 6.01. The molecule has 13 heavy (non-hydrogen) atoms. The average molecular weight is 192 g/mol. The van der Waals surface area contributed by atoms with Gasteiger partial charge in [0.25, 0.3) is 0 Å². The molecule has 0 heterocycles. The fourth-order valence-electron chi connectivity index (χ4n) is 0.817. The highest BCUT2D eigenvalue weighted by Crippen LogP contribution is 2.02. The van der Waals surface area contributed by atoms with Crippen molar-refractivity contribution in [2.75, 3.05) is 19.8 Å². The van der Waals surface area contributed by atoms with E-state index in [4.69, 9.17) is 21.1 Å². The number of hydrogen-bond acceptors (Lipinski definition) is 5. The van der Waals surface area contributed by atoms with E-state index in [-0.39, 0.29) is 0 Å². The van der Waals surface area contributed by atoms with Gasteiger partial charge in [0.05, 0.1) is 31.4 Å². The lowest BCUT2D eigenvalue weighted by atomic mass is 10.0. The Bertz CT molecular complexity index is 162. The minimum absolute atomic E-state index is 0.475. The predicted octanol–water partition coefficient (Wildman–Crippen LogP) is -2.83. The number of carbonyl (C=O) groups excluding carboxylic acids is 1. The molecule has 78 valence electrons. The van der Waals surface area contributed by atoms with Crippen molar-refractivity contribution in [2.45, 2.75) is 18.5 Å². The number of aliphatic hydroxyl groups excluding tert-OH is 3. The topological polar surface area (TPSA) is 116 Å². The molecular weight excluding hydrogens is 176 g/mol. The van der Waals surface area contributed by atoms with Crippen molar-refractivity contribution in [2.24, 2.45) is 5.73 Å². The van der Waals surface area contributed by atoms with Crippen molar-refractivity contribution in [1.82, 2.24) is 5.32 Å². The van der Waals surface area contributed by atoms with E-state index in [1.807, 2.05) is 0 Å². The first-order valence-electron chi connectivity index (χ1n) is 3.91. The lowest BCUT2D eigenvalue weighted by Gasteiger charge is -2.31. The predicted molar refractivity (Wildman–Crippen MR) is 45.8 cm³/mol. The summed E-state index contributed by atoms with van der Waals surface area (Å²) in [5.74, 6) is -0.611. The van der Waals surface area contributed by atoms with Crippen molar-refractivity contribution in [3.05, 3.63) is 0 Å². The standard InChI is InChI=1S/C7H16N2O4/c1-5(6(8)13)9-7(2-10,3-11)4-12/h5,9-12H,2-4H2,1H3,(H2,8,13). The Labute approximate surface area is 76.4 Å². The summed E-state index contributed by atoms with van der Waals surface area (Å²) >= 11 is 0. The van der Waals surface area contributed by atoms with Crippen LogP contribution in [0, 0.1) is 0 Å². The quantitative estimate of drug-likeness (QED) is 0.311. The van der Waals surface area contributed by atoms with Crippen molar-refractivity contribution >= 4 is 5.91 Å². The minimum atomic E-state index is -1.26. The zero-order valence-electron chi connectivity index (χ0n) is 7.53. The molecule has 0 spiro atoms. The molecule has 6 heteroatoms. The van der Waals surface area contributed by atoms with Gasteiger partial charge in [-0.3, -0.25) is 10.1 Å². The third kappa shape index (κ3) is 3.27. The largest absolute Gasteiger partial charge is 0.394 e. The Morgan fingerprint density at radius 2 is 1.77 bits per heavy atom. The van der Waals surface area contributed by atoms with Crippen LogP contribution in [0.4, 0.5) is 0 Å². The molecule has 0 aliphatic rings. The molecule has 0 aromatic heterocycles. The number of rotatable bonds is 6. The Morgan fingerprint density at radius 3 is 2.00 bits per heavy atom. The van der Waals surface area contributed by atoms with Crippen LogP contribution in [0.3, 0.4) is 0 Å². The summed E-state index contributed by atoms with van der Waals surface area (Å²) in [7, 11) is 0. The van der Waals surface area contributed by atoms with E-state index in [2.05, 4.69) is 5.32 Å². The SMILES string of the molecule is CC(NC(CO)(CO)CO)C(N)=O. The molecule has 0 aromatic rings. The normalized spacial score (nSPS) is 14.2. The Morgan fingerprint density at radius 1 is 1.38 bits per heavy atom. The van der Waals surface area contributed by atoms with Crippen LogP contribution in [-0.2, 0) is 4.79 Å². The maximum absolute atomic E-state index is 10.6. The number of aliphatic hydroxyl groups is 3. The van der Waals surface area contributed by atoms with E-state index in [0.29, 0.717) is 0 Å². The van der Waals surface area contributed by atoms with E-state index < -0.39 is 37.3 Å². The first kappa shape index (κ1) is 12.3. The molecule has 0 rings (SSSR count). The van der Waals surface area contributed by atoms with Crippen LogP contribution in [0.15, 0.2) is 0 Å². The van der Waals surface area contributed by atoms with Crippen LogP contribution in [0.25, 0.3) is 0 Å². The third-order valence-electron chi connectivity index (χ3n) is 1.86. The number of nitrogens with two attached hydrogens (primary N) is 1. The summed E-state index contributed by atoms with van der Waals surface area (Å²) in [5, 5.41) is 29.2. The molecule has 1 unspecified atom stereocenters. The van der Waals surface area contributed by atoms with Gasteiger partial charge in [-0.15, -0.1) is 0 Å². The lowest BCUT2D eigenvalue weighted by molar-refractivity contribution is -0.120. The zero-order chi connectivity index (χ0) is 10.5. The molecule has 0 fully saturated rings. The smallest absolute Gasteiger partial charge is 0.234 e. The molecular formula is C7H16N2O4. The Hall–Kier alpha value is -0.690. The number of carbonyl (C=O) groups is 1. The summed E-state index contributed by atoms with van der Waals surface area (Å²) in [6, 6.07) is -0.716. The van der Waals surface area contributed by atoms with E-state index in [1.165, 1.54) is 6.92 Å². The molecule has 0 saturated carbocycles. The summed E-state index contributed by atoms with van der Waals surface area (Å²) in [6.45, 7) is 0.0604. The Balaban J connectivity index is 4.32. The van der Waals surface area contributed by atoms with Gasteiger partial charge in [-0.05, 0) is 6.92 Å². The summed E-state index contributed by atoms with van der Waals surface area (Å²) < 4.78 is 0. The fourth-order valence-corrected chi connectivity index (χ4v) is 0.817. The second-order valence-corrected chi connectivity index (χ2v) is 3.02. The molecule has 1 amide bonds. The van der Waals surface area contributed by atoms with Crippen molar-refractivity contribution in [3.63, 3.8) is 0 Å². The van der Waals surface area contributed by atoms with Gasteiger partial charge in [-0.2, -0.15) is 0 Å². The van der Waals surface area contributed by atoms with E-state index in [1.54, 1.807) is 0 Å². The molecule has 0 aliphatic heterocycles. The second-order valence-electron chi connectivity index (χ2n) is 3.02. The van der Waals surface area contributed by atoms with Crippen LogP contribution < -0.4 is 11.1 Å². The zero-order valence-corrected chi connectivity index (χ0v) is 7.53. The van der Waals surface area contributed by atoms with Gasteiger partial charge in [-0.1, -0.05) is 0 Å². The van der Waals surface area contributed by atoms with E-state index >= 15 is 0 Å². The number of amides is 1. The third-order valence-corrected chi connectivity index (χ3v) is 1.86. The molecule has 0 aliphatic carbocycles. The van der Waals surface area contributed by atoms with Gasteiger partial charge in [0, 0.05) is 0 Å². The highest BCUT2D eigenvalue weighted by Gasteiger charge is 2.30. The molecule has 6 nitrogen and oxygen atoms in total. The van der Waals surface area contributed by atoms with Crippen LogP contribution in [-0.4, -0.2) is 52.6 Å². The van der Waals surface area contributed by atoms with E-state index in [0.717, 1.165) is 0 Å². The molecule has 0 aromatic carbocycles. The van der Waals surface area contributed by atoms with Gasteiger partial charge < -0.3 is 21.1 Å². The molecule has 6 N–H and O–H groups in total. The van der Waals surface area contributed by atoms with Gasteiger partial charge in [0.2, 0.25) is 5.91 Å². The van der Waals surface area contributed by atoms with Crippen molar-refractivity contribution < 1.29 is 20.1 Å². The Kier molecular flexibility index (Phi) is 4.86. The molecule has 1 atom stereocenters. The van der Waals surface area contributed by atoms with Crippen LogP contribution in [0.1, 0.15) is 6.92 Å². The number of primary amides is 1. The second kappa shape index (κ2) is 5.13. The van der Waals surface area contributed by atoms with Crippen LogP contribution in [0.5, 0.6) is 0 Å². The molecule has 0 saturated heterocycles. The fraction of sp³-hybridized carbons (Fsp3) is 0.857. The monoisotopic (exact) mass is 192 g/mol. The maximum Gasteiger partial charge on any atom is 0.234 e. The highest BCUT2D eigenvalue weighted by atomic mass is 16.3. The summed E-state index contributed by atoms with van der Waals surface area (Å²) in [6.07, 6.45) is 0. The maximum atomic E-state index is 10.6. The first-order valence-corrected chi connectivity index (χ1v) is 3.91. The molecule has 0 bridgehead atoms. The summed E-state index contributed by atoms with van der Waals surface area (Å²) in [5.41, 5.74) is 3.71. The van der Waals surface area contributed by atoms with Gasteiger partial charge in [0.15, 0.2) is 0 Å². The van der Waals surface area contributed by atoms with Gasteiger partial charge >= 0.3 is 0 Å². The van der Waals surface area contributed by atoms with Gasteiger partial charge in [-0.25, -0.2) is 0 Å². The minimum Gasteiger partial charge on any atom is -0.394 e. The van der Waals surface area contributed by atoms with Gasteiger partial charge in [0.1, 0.15) is 0 Å². The van der Waals surface area contributed by atoms with E-state index in [9.17, 15) is 4.79 Å². The molecule has 0 radical (unpaired) electrons. The lowest BCUT2D eigenvalue weighted by Crippen LogP contribution is -2.60. The van der Waals surface area contributed by atoms with Crippen LogP contribution in [0.2, 0.25) is 0 Å². The van der Waals surface area contributed by atoms with Crippen molar-refractivity contribution in [1.29, 1.82) is 0 Å². The number of hydrogen-bond donors (Lipinski definition) is 5. The summed E-state index contributed by atoms with van der Waals surface area (Å²) in [4.78, 5) is 10.6. The van der Waals surface area contributed by atoms with Crippen molar-refractivity contribution in [3.8, 4) is 0 Å². The number of nitrogens with one attached hydrogen (secondary N) is 1.